The summed E-state index contributed by atoms with van der Waals surface area (Å²) in [6, 6.07) is 1.31. The van der Waals surface area contributed by atoms with Crippen molar-refractivity contribution in [2.75, 3.05) is 0 Å². The van der Waals surface area contributed by atoms with E-state index in [-0.39, 0.29) is 24.4 Å². The fraction of sp³-hybridized carbons (Fsp3) is 0.375. The topological polar surface area (TPSA) is 59.1 Å². The van der Waals surface area contributed by atoms with E-state index < -0.39 is 6.43 Å². The highest BCUT2D eigenvalue weighted by Gasteiger charge is 2.16. The van der Waals surface area contributed by atoms with E-state index in [1.54, 1.807) is 0 Å². The van der Waals surface area contributed by atoms with Gasteiger partial charge < -0.3 is 10.8 Å². The highest BCUT2D eigenvalue weighted by molar-refractivity contribution is 14.1. The zero-order valence-corrected chi connectivity index (χ0v) is 9.33. The van der Waals surface area contributed by atoms with Crippen LogP contribution in [0.1, 0.15) is 23.4 Å². The maximum atomic E-state index is 12.5. The van der Waals surface area contributed by atoms with Crippen LogP contribution in [0, 0.1) is 3.57 Å². The maximum Gasteiger partial charge on any atom is 0.265 e. The molecule has 0 aromatic carbocycles. The van der Waals surface area contributed by atoms with Crippen LogP contribution in [-0.2, 0) is 13.2 Å². The standard InChI is InChI=1S/C8H9F2IN2O/c9-8(10)4-1-5(11)7(3-14)13-6(4)2-12/h1,8,14H,2-3,12H2. The van der Waals surface area contributed by atoms with E-state index in [0.717, 1.165) is 0 Å². The summed E-state index contributed by atoms with van der Waals surface area (Å²) in [4.78, 5) is 3.87. The Bertz CT molecular complexity index is 333. The van der Waals surface area contributed by atoms with Gasteiger partial charge in [0.2, 0.25) is 0 Å². The van der Waals surface area contributed by atoms with Gasteiger partial charge in [0, 0.05) is 15.7 Å². The minimum Gasteiger partial charge on any atom is -0.390 e. The predicted molar refractivity (Wildman–Crippen MR) is 55.7 cm³/mol. The van der Waals surface area contributed by atoms with Crippen LogP contribution in [-0.4, -0.2) is 10.1 Å². The average molecular weight is 314 g/mol. The molecule has 0 bridgehead atoms. The number of aliphatic hydroxyl groups is 1. The van der Waals surface area contributed by atoms with Crippen molar-refractivity contribution in [3.05, 3.63) is 26.6 Å². The first kappa shape index (κ1) is 11.7. The number of rotatable bonds is 3. The molecule has 0 amide bonds. The van der Waals surface area contributed by atoms with Crippen LogP contribution in [0.4, 0.5) is 8.78 Å². The SMILES string of the molecule is NCc1nc(CO)c(I)cc1C(F)F. The molecule has 0 radical (unpaired) electrons. The number of pyridine rings is 1. The van der Waals surface area contributed by atoms with E-state index in [1.807, 2.05) is 22.6 Å². The molecule has 0 saturated heterocycles. The van der Waals surface area contributed by atoms with Crippen molar-refractivity contribution in [3.8, 4) is 0 Å². The third-order valence-corrected chi connectivity index (χ3v) is 2.67. The molecule has 0 fully saturated rings. The van der Waals surface area contributed by atoms with Crippen molar-refractivity contribution >= 4 is 22.6 Å². The third-order valence-electron chi connectivity index (χ3n) is 1.74. The van der Waals surface area contributed by atoms with Crippen LogP contribution in [0.5, 0.6) is 0 Å². The summed E-state index contributed by atoms with van der Waals surface area (Å²) in [7, 11) is 0. The van der Waals surface area contributed by atoms with Crippen LogP contribution >= 0.6 is 22.6 Å². The highest BCUT2D eigenvalue weighted by Crippen LogP contribution is 2.24. The van der Waals surface area contributed by atoms with Crippen molar-refractivity contribution < 1.29 is 13.9 Å². The second-order valence-corrected chi connectivity index (χ2v) is 3.78. The van der Waals surface area contributed by atoms with Gasteiger partial charge in [-0.25, -0.2) is 8.78 Å². The molecule has 0 unspecified atom stereocenters. The van der Waals surface area contributed by atoms with Crippen molar-refractivity contribution in [2.24, 2.45) is 5.73 Å². The Morgan fingerprint density at radius 3 is 2.57 bits per heavy atom. The summed E-state index contributed by atoms with van der Waals surface area (Å²) >= 11 is 1.86. The molecule has 1 rings (SSSR count). The molecular weight excluding hydrogens is 305 g/mol. The lowest BCUT2D eigenvalue weighted by Crippen LogP contribution is -2.09. The van der Waals surface area contributed by atoms with Crippen molar-refractivity contribution in [2.45, 2.75) is 19.6 Å². The molecule has 3 N–H and O–H groups in total. The van der Waals surface area contributed by atoms with Gasteiger partial charge >= 0.3 is 0 Å². The van der Waals surface area contributed by atoms with Crippen LogP contribution in [0.15, 0.2) is 6.07 Å². The summed E-state index contributed by atoms with van der Waals surface area (Å²) in [6.07, 6.45) is -2.58. The minimum absolute atomic E-state index is 0.0520. The number of nitrogens with two attached hydrogens (primary N) is 1. The number of halogens is 3. The van der Waals surface area contributed by atoms with Crippen LogP contribution in [0.3, 0.4) is 0 Å². The van der Waals surface area contributed by atoms with Crippen molar-refractivity contribution in [1.29, 1.82) is 0 Å². The molecule has 0 saturated carbocycles. The van der Waals surface area contributed by atoms with Crippen molar-refractivity contribution in [1.82, 2.24) is 4.98 Å². The van der Waals surface area contributed by atoms with Crippen LogP contribution < -0.4 is 5.73 Å². The number of nitrogens with zero attached hydrogens (tertiary/aromatic N) is 1. The van der Waals surface area contributed by atoms with E-state index in [4.69, 9.17) is 10.8 Å². The Balaban J connectivity index is 3.24. The smallest absolute Gasteiger partial charge is 0.265 e. The average Bonchev–Trinajstić information content (AvgIpc) is 2.17. The first-order chi connectivity index (χ1) is 6.60. The van der Waals surface area contributed by atoms with E-state index >= 15 is 0 Å². The molecule has 1 aromatic rings. The van der Waals surface area contributed by atoms with Crippen LogP contribution in [0.25, 0.3) is 0 Å². The first-order valence-electron chi connectivity index (χ1n) is 3.87. The van der Waals surface area contributed by atoms with Crippen LogP contribution in [0.2, 0.25) is 0 Å². The second-order valence-electron chi connectivity index (χ2n) is 2.62. The number of hydrogen-bond donors (Lipinski definition) is 2. The number of aromatic nitrogens is 1. The molecule has 0 aliphatic rings. The van der Waals surface area contributed by atoms with Crippen molar-refractivity contribution in [3.63, 3.8) is 0 Å². The van der Waals surface area contributed by atoms with E-state index in [2.05, 4.69) is 4.98 Å². The molecule has 0 spiro atoms. The lowest BCUT2D eigenvalue weighted by atomic mass is 10.2. The molecule has 3 nitrogen and oxygen atoms in total. The zero-order valence-electron chi connectivity index (χ0n) is 7.17. The lowest BCUT2D eigenvalue weighted by Gasteiger charge is -2.09. The lowest BCUT2D eigenvalue weighted by molar-refractivity contribution is 0.149. The Labute approximate surface area is 93.5 Å². The fourth-order valence-electron chi connectivity index (χ4n) is 1.05. The number of alkyl halides is 2. The van der Waals surface area contributed by atoms with Gasteiger partial charge in [-0.05, 0) is 28.7 Å². The zero-order chi connectivity index (χ0) is 10.7. The molecular formula is C8H9F2IN2O. The van der Waals surface area contributed by atoms with E-state index in [0.29, 0.717) is 9.26 Å². The monoisotopic (exact) mass is 314 g/mol. The summed E-state index contributed by atoms with van der Waals surface area (Å²) in [6.45, 7) is -0.321. The Morgan fingerprint density at radius 1 is 1.50 bits per heavy atom. The number of hydrogen-bond acceptors (Lipinski definition) is 3. The van der Waals surface area contributed by atoms with Gasteiger partial charge in [-0.3, -0.25) is 4.98 Å². The molecule has 1 heterocycles. The predicted octanol–water partition coefficient (Wildman–Crippen LogP) is 1.57. The summed E-state index contributed by atoms with van der Waals surface area (Å²) in [5, 5.41) is 8.87. The van der Waals surface area contributed by atoms with Gasteiger partial charge in [-0.1, -0.05) is 0 Å². The normalized spacial score (nSPS) is 11.0. The summed E-state index contributed by atoms with van der Waals surface area (Å²) in [5.74, 6) is 0. The van der Waals surface area contributed by atoms with Gasteiger partial charge in [-0.2, -0.15) is 0 Å². The van der Waals surface area contributed by atoms with Gasteiger partial charge in [0.1, 0.15) is 0 Å². The first-order valence-corrected chi connectivity index (χ1v) is 4.95. The number of aliphatic hydroxyl groups excluding tert-OH is 1. The van der Waals surface area contributed by atoms with E-state index in [9.17, 15) is 8.78 Å². The molecule has 14 heavy (non-hydrogen) atoms. The molecule has 78 valence electrons. The fourth-order valence-corrected chi connectivity index (χ4v) is 1.67. The van der Waals surface area contributed by atoms with Gasteiger partial charge in [0.05, 0.1) is 18.0 Å². The highest BCUT2D eigenvalue weighted by atomic mass is 127. The Morgan fingerprint density at radius 2 is 2.14 bits per heavy atom. The maximum absolute atomic E-state index is 12.5. The molecule has 0 aliphatic carbocycles. The van der Waals surface area contributed by atoms with Gasteiger partial charge in [-0.15, -0.1) is 0 Å². The third kappa shape index (κ3) is 2.37. The summed E-state index contributed by atoms with van der Waals surface area (Å²) in [5.41, 5.74) is 5.65. The second kappa shape index (κ2) is 4.94. The Hall–Kier alpha value is -0.340. The quantitative estimate of drug-likeness (QED) is 0.833. The van der Waals surface area contributed by atoms with Gasteiger partial charge in [0.25, 0.3) is 6.43 Å². The van der Waals surface area contributed by atoms with E-state index in [1.165, 1.54) is 6.07 Å². The molecule has 0 aliphatic heterocycles. The largest absolute Gasteiger partial charge is 0.390 e. The molecule has 6 heteroatoms. The minimum atomic E-state index is -2.58. The molecule has 1 aromatic heterocycles. The Kier molecular flexibility index (Phi) is 4.14. The molecule has 0 atom stereocenters. The van der Waals surface area contributed by atoms with Gasteiger partial charge in [0.15, 0.2) is 0 Å². The summed E-state index contributed by atoms with van der Waals surface area (Å²) < 4.78 is 25.5.